The smallest absolute Gasteiger partial charge is 0.253 e. The Bertz CT molecular complexity index is 655. The molecular formula is C14H13FN4O. The van der Waals surface area contributed by atoms with Crippen LogP contribution < -0.4 is 10.5 Å². The molecule has 1 aromatic heterocycles. The quantitative estimate of drug-likeness (QED) is 0.847. The summed E-state index contributed by atoms with van der Waals surface area (Å²) in [4.78, 5) is 0. The summed E-state index contributed by atoms with van der Waals surface area (Å²) in [7, 11) is 0. The lowest BCUT2D eigenvalue weighted by Crippen LogP contribution is -2.03. The van der Waals surface area contributed by atoms with Gasteiger partial charge in [0.25, 0.3) is 5.88 Å². The molecule has 2 aromatic rings. The van der Waals surface area contributed by atoms with Crippen LogP contribution in [0.4, 0.5) is 10.2 Å². The van der Waals surface area contributed by atoms with Gasteiger partial charge in [0.05, 0.1) is 6.54 Å². The zero-order valence-electron chi connectivity index (χ0n) is 10.7. The normalized spacial score (nSPS) is 10.0. The van der Waals surface area contributed by atoms with Crippen LogP contribution in [-0.2, 0) is 13.2 Å². The third-order valence-corrected chi connectivity index (χ3v) is 2.66. The van der Waals surface area contributed by atoms with E-state index in [1.54, 1.807) is 18.2 Å². The zero-order valence-corrected chi connectivity index (χ0v) is 10.7. The average Bonchev–Trinajstić information content (AvgIpc) is 2.75. The molecule has 102 valence electrons. The Labute approximate surface area is 115 Å². The molecule has 0 unspecified atom stereocenters. The third kappa shape index (κ3) is 2.78. The Hall–Kier alpha value is -2.81. The largest absolute Gasteiger partial charge is 0.471 e. The van der Waals surface area contributed by atoms with E-state index in [4.69, 9.17) is 15.7 Å². The number of nitrogens with zero attached hydrogens (tertiary/aromatic N) is 3. The minimum absolute atomic E-state index is 0.163. The van der Waals surface area contributed by atoms with E-state index in [0.717, 1.165) is 5.56 Å². The van der Waals surface area contributed by atoms with Crippen LogP contribution in [0.2, 0.25) is 0 Å². The Kier molecular flexibility index (Phi) is 4.01. The maximum atomic E-state index is 12.8. The highest BCUT2D eigenvalue weighted by Crippen LogP contribution is 2.23. The van der Waals surface area contributed by atoms with Gasteiger partial charge in [-0.15, -0.1) is 11.7 Å². The molecule has 0 aliphatic heterocycles. The maximum absolute atomic E-state index is 12.8. The highest BCUT2D eigenvalue weighted by Gasteiger charge is 2.16. The van der Waals surface area contributed by atoms with Crippen molar-refractivity contribution in [3.63, 3.8) is 0 Å². The fraction of sp³-hybridized carbons (Fsp3) is 0.143. The molecule has 1 heterocycles. The first-order chi connectivity index (χ1) is 9.65. The van der Waals surface area contributed by atoms with Crippen LogP contribution in [0.5, 0.6) is 5.88 Å². The van der Waals surface area contributed by atoms with E-state index in [9.17, 15) is 4.39 Å². The summed E-state index contributed by atoms with van der Waals surface area (Å²) in [6.45, 7) is 4.16. The summed E-state index contributed by atoms with van der Waals surface area (Å²) in [5, 5.41) is 13.2. The fourth-order valence-electron chi connectivity index (χ4n) is 1.65. The number of nitrogen functional groups attached to an aromatic ring is 1. The number of hydrogen-bond donors (Lipinski definition) is 1. The number of nitrogens with two attached hydrogens (primary N) is 1. The highest BCUT2D eigenvalue weighted by molar-refractivity contribution is 5.55. The summed E-state index contributed by atoms with van der Waals surface area (Å²) in [6, 6.07) is 7.85. The van der Waals surface area contributed by atoms with Crippen molar-refractivity contribution in [2.75, 3.05) is 5.73 Å². The topological polar surface area (TPSA) is 76.9 Å². The van der Waals surface area contributed by atoms with Gasteiger partial charge in [-0.1, -0.05) is 18.2 Å². The second-order valence-electron chi connectivity index (χ2n) is 4.06. The molecule has 2 N–H and O–H groups in total. The Balaban J connectivity index is 2.17. The van der Waals surface area contributed by atoms with Crippen molar-refractivity contribution in [1.82, 2.24) is 9.78 Å². The Morgan fingerprint density at radius 3 is 2.75 bits per heavy atom. The molecule has 0 fully saturated rings. The molecule has 1 aromatic carbocycles. The Morgan fingerprint density at radius 1 is 1.45 bits per heavy atom. The number of rotatable bonds is 5. The minimum atomic E-state index is -0.314. The number of nitriles is 1. The van der Waals surface area contributed by atoms with E-state index in [1.807, 2.05) is 6.07 Å². The van der Waals surface area contributed by atoms with Crippen molar-refractivity contribution >= 4 is 5.82 Å². The number of allylic oxidation sites excluding steroid dienone is 1. The first-order valence-electron chi connectivity index (χ1n) is 5.90. The first-order valence-corrected chi connectivity index (χ1v) is 5.90. The van der Waals surface area contributed by atoms with E-state index in [-0.39, 0.29) is 29.7 Å². The molecule has 2 rings (SSSR count). The molecule has 0 spiro atoms. The van der Waals surface area contributed by atoms with E-state index in [2.05, 4.69) is 11.7 Å². The van der Waals surface area contributed by atoms with Crippen LogP contribution in [0.25, 0.3) is 0 Å². The van der Waals surface area contributed by atoms with Gasteiger partial charge in [-0.05, 0) is 17.7 Å². The second-order valence-corrected chi connectivity index (χ2v) is 4.06. The monoisotopic (exact) mass is 272 g/mol. The van der Waals surface area contributed by atoms with Gasteiger partial charge in [-0.2, -0.15) is 5.26 Å². The SMILES string of the molecule is C=CCn1nc(OCc2ccc(F)cc2)c(C#N)c1N. The highest BCUT2D eigenvalue weighted by atomic mass is 19.1. The van der Waals surface area contributed by atoms with E-state index in [0.29, 0.717) is 6.54 Å². The lowest BCUT2D eigenvalue weighted by atomic mass is 10.2. The van der Waals surface area contributed by atoms with Crippen molar-refractivity contribution in [3.8, 4) is 11.9 Å². The number of aromatic nitrogens is 2. The summed E-state index contributed by atoms with van der Waals surface area (Å²) in [6.07, 6.45) is 1.62. The van der Waals surface area contributed by atoms with Gasteiger partial charge < -0.3 is 10.5 Å². The van der Waals surface area contributed by atoms with Gasteiger partial charge in [0.2, 0.25) is 0 Å². The molecule has 0 aliphatic rings. The molecule has 6 heteroatoms. The molecule has 5 nitrogen and oxygen atoms in total. The second kappa shape index (κ2) is 5.89. The number of hydrogen-bond acceptors (Lipinski definition) is 4. The molecule has 0 saturated heterocycles. The average molecular weight is 272 g/mol. The van der Waals surface area contributed by atoms with Crippen LogP contribution in [0.15, 0.2) is 36.9 Å². The molecule has 0 amide bonds. The van der Waals surface area contributed by atoms with Crippen LogP contribution in [0.3, 0.4) is 0 Å². The predicted molar refractivity (Wildman–Crippen MR) is 72.3 cm³/mol. The fourth-order valence-corrected chi connectivity index (χ4v) is 1.65. The molecule has 0 bridgehead atoms. The predicted octanol–water partition coefficient (Wildman–Crippen LogP) is 2.24. The molecular weight excluding hydrogens is 259 g/mol. The van der Waals surface area contributed by atoms with Gasteiger partial charge in [0.15, 0.2) is 5.56 Å². The lowest BCUT2D eigenvalue weighted by molar-refractivity contribution is 0.289. The van der Waals surface area contributed by atoms with E-state index >= 15 is 0 Å². The molecule has 0 aliphatic carbocycles. The number of anilines is 1. The summed E-state index contributed by atoms with van der Waals surface area (Å²) < 4.78 is 19.7. The van der Waals surface area contributed by atoms with Gasteiger partial charge in [0.1, 0.15) is 24.3 Å². The van der Waals surface area contributed by atoms with E-state index < -0.39 is 0 Å². The standard InChI is InChI=1S/C14H13FN4O/c1-2-7-19-13(17)12(8-16)14(18-19)20-9-10-3-5-11(15)6-4-10/h2-6H,1,7,9,17H2. The van der Waals surface area contributed by atoms with Crippen LogP contribution in [0.1, 0.15) is 11.1 Å². The number of halogens is 1. The number of benzene rings is 1. The van der Waals surface area contributed by atoms with Crippen molar-refractivity contribution in [2.24, 2.45) is 0 Å². The lowest BCUT2D eigenvalue weighted by Gasteiger charge is -2.03. The molecule has 20 heavy (non-hydrogen) atoms. The maximum Gasteiger partial charge on any atom is 0.253 e. The van der Waals surface area contributed by atoms with Crippen LogP contribution in [0, 0.1) is 17.1 Å². The third-order valence-electron chi connectivity index (χ3n) is 2.66. The van der Waals surface area contributed by atoms with Gasteiger partial charge in [-0.25, -0.2) is 9.07 Å². The number of ether oxygens (including phenoxy) is 1. The van der Waals surface area contributed by atoms with Gasteiger partial charge >= 0.3 is 0 Å². The van der Waals surface area contributed by atoms with Gasteiger partial charge in [0, 0.05) is 0 Å². The molecule has 0 saturated carbocycles. The van der Waals surface area contributed by atoms with Crippen molar-refractivity contribution in [3.05, 3.63) is 53.9 Å². The van der Waals surface area contributed by atoms with Crippen molar-refractivity contribution in [2.45, 2.75) is 13.2 Å². The van der Waals surface area contributed by atoms with Gasteiger partial charge in [-0.3, -0.25) is 0 Å². The first kappa shape index (κ1) is 13.6. The van der Waals surface area contributed by atoms with Crippen LogP contribution >= 0.6 is 0 Å². The molecule has 0 atom stereocenters. The van der Waals surface area contributed by atoms with Crippen LogP contribution in [-0.4, -0.2) is 9.78 Å². The van der Waals surface area contributed by atoms with Crippen molar-refractivity contribution in [1.29, 1.82) is 5.26 Å². The molecule has 0 radical (unpaired) electrons. The Morgan fingerprint density at radius 2 is 2.15 bits per heavy atom. The van der Waals surface area contributed by atoms with Crippen molar-refractivity contribution < 1.29 is 9.13 Å². The zero-order chi connectivity index (χ0) is 14.5. The summed E-state index contributed by atoms with van der Waals surface area (Å²) >= 11 is 0. The summed E-state index contributed by atoms with van der Waals surface area (Å²) in [5.41, 5.74) is 6.75. The van der Waals surface area contributed by atoms with E-state index in [1.165, 1.54) is 16.8 Å². The minimum Gasteiger partial charge on any atom is -0.471 e. The summed E-state index contributed by atoms with van der Waals surface area (Å²) in [5.74, 6) is 0.0867.